The molecular weight excluding hydrogens is 190 g/mol. The summed E-state index contributed by atoms with van der Waals surface area (Å²) in [5.41, 5.74) is 7.20. The van der Waals surface area contributed by atoms with Crippen molar-refractivity contribution in [3.05, 3.63) is 24.2 Å². The molecule has 1 aliphatic carbocycles. The molecule has 78 valence electrons. The molecule has 0 spiro atoms. The minimum absolute atomic E-state index is 0.669. The second-order valence-corrected chi connectivity index (χ2v) is 3.93. The van der Waals surface area contributed by atoms with Gasteiger partial charge in [0.15, 0.2) is 11.5 Å². The Labute approximate surface area is 87.3 Å². The van der Waals surface area contributed by atoms with Crippen LogP contribution in [-0.2, 0) is 6.54 Å². The molecule has 0 aliphatic heterocycles. The third-order valence-electron chi connectivity index (χ3n) is 2.66. The van der Waals surface area contributed by atoms with Crippen LogP contribution in [0, 0.1) is 0 Å². The van der Waals surface area contributed by atoms with Crippen LogP contribution in [0.4, 0.5) is 5.69 Å². The minimum atomic E-state index is 0.669. The van der Waals surface area contributed by atoms with Crippen molar-refractivity contribution in [2.75, 3.05) is 5.73 Å². The number of anilines is 1. The zero-order valence-corrected chi connectivity index (χ0v) is 8.35. The summed E-state index contributed by atoms with van der Waals surface area (Å²) in [6.45, 7) is 0.759. The maximum absolute atomic E-state index is 5.79. The van der Waals surface area contributed by atoms with E-state index in [9.17, 15) is 0 Å². The summed E-state index contributed by atoms with van der Waals surface area (Å²) in [7, 11) is 0. The Morgan fingerprint density at radius 2 is 2.33 bits per heavy atom. The third-order valence-corrected chi connectivity index (χ3v) is 2.66. The highest BCUT2D eigenvalue weighted by Gasteiger charge is 2.21. The van der Waals surface area contributed by atoms with E-state index in [2.05, 4.69) is 15.5 Å². The number of nitrogen functional groups attached to an aromatic ring is 1. The highest BCUT2D eigenvalue weighted by molar-refractivity contribution is 5.63. The summed E-state index contributed by atoms with van der Waals surface area (Å²) in [5, 5.41) is 11.6. The van der Waals surface area contributed by atoms with Gasteiger partial charge in [-0.3, -0.25) is 4.40 Å². The van der Waals surface area contributed by atoms with Crippen LogP contribution >= 0.6 is 0 Å². The van der Waals surface area contributed by atoms with Gasteiger partial charge in [0, 0.05) is 12.2 Å². The van der Waals surface area contributed by atoms with Gasteiger partial charge in [0.25, 0.3) is 0 Å². The van der Waals surface area contributed by atoms with E-state index in [0.29, 0.717) is 11.7 Å². The fraction of sp³-hybridized carbons (Fsp3) is 0.400. The first-order chi connectivity index (χ1) is 7.34. The van der Waals surface area contributed by atoms with E-state index < -0.39 is 0 Å². The third kappa shape index (κ3) is 1.55. The predicted octanol–water partition coefficient (Wildman–Crippen LogP) is 0.563. The maximum atomic E-state index is 5.79. The summed E-state index contributed by atoms with van der Waals surface area (Å²) in [6, 6.07) is 4.42. The molecule has 15 heavy (non-hydrogen) atoms. The van der Waals surface area contributed by atoms with Gasteiger partial charge in [-0.15, -0.1) is 10.2 Å². The molecule has 2 heterocycles. The monoisotopic (exact) mass is 203 g/mol. The molecular formula is C10H13N5. The van der Waals surface area contributed by atoms with Gasteiger partial charge < -0.3 is 11.1 Å². The topological polar surface area (TPSA) is 68.2 Å². The summed E-state index contributed by atoms with van der Waals surface area (Å²) in [5.74, 6) is 0.921. The first-order valence-corrected chi connectivity index (χ1v) is 5.16. The number of nitrogens with zero attached hydrogens (tertiary/aromatic N) is 3. The molecule has 0 saturated heterocycles. The lowest BCUT2D eigenvalue weighted by Gasteiger charge is -2.01. The van der Waals surface area contributed by atoms with Crippen LogP contribution in [-0.4, -0.2) is 20.6 Å². The molecule has 1 aliphatic rings. The molecule has 0 amide bonds. The molecule has 5 heteroatoms. The molecule has 0 unspecified atom stereocenters. The van der Waals surface area contributed by atoms with Crippen molar-refractivity contribution < 1.29 is 0 Å². The van der Waals surface area contributed by atoms with Crippen LogP contribution in [0.2, 0.25) is 0 Å². The van der Waals surface area contributed by atoms with Gasteiger partial charge in [-0.25, -0.2) is 0 Å². The summed E-state index contributed by atoms with van der Waals surface area (Å²) < 4.78 is 1.94. The van der Waals surface area contributed by atoms with Crippen LogP contribution < -0.4 is 11.1 Å². The van der Waals surface area contributed by atoms with Crippen molar-refractivity contribution in [3.63, 3.8) is 0 Å². The van der Waals surface area contributed by atoms with Gasteiger partial charge >= 0.3 is 0 Å². The molecule has 1 saturated carbocycles. The Hall–Kier alpha value is -1.62. The van der Waals surface area contributed by atoms with E-state index in [1.54, 1.807) is 0 Å². The van der Waals surface area contributed by atoms with Crippen molar-refractivity contribution in [1.29, 1.82) is 0 Å². The van der Waals surface area contributed by atoms with Gasteiger partial charge in [0.1, 0.15) is 0 Å². The van der Waals surface area contributed by atoms with Crippen molar-refractivity contribution >= 4 is 11.3 Å². The van der Waals surface area contributed by atoms with Gasteiger partial charge in [0.05, 0.1) is 12.2 Å². The highest BCUT2D eigenvalue weighted by atomic mass is 15.3. The Morgan fingerprint density at radius 3 is 3.13 bits per heavy atom. The standard InChI is InChI=1S/C10H13N5/c11-8-2-1-5-15-9(13-14-10(8)15)6-12-7-3-4-7/h1-2,5,7,12H,3-4,6,11H2. The summed E-state index contributed by atoms with van der Waals surface area (Å²) >= 11 is 0. The Morgan fingerprint density at radius 1 is 1.47 bits per heavy atom. The van der Waals surface area contributed by atoms with Gasteiger partial charge in [-0.1, -0.05) is 0 Å². The largest absolute Gasteiger partial charge is 0.396 e. The van der Waals surface area contributed by atoms with Gasteiger partial charge in [0.2, 0.25) is 0 Å². The van der Waals surface area contributed by atoms with E-state index in [1.807, 2.05) is 22.7 Å². The molecule has 5 nitrogen and oxygen atoms in total. The number of fused-ring (bicyclic) bond motifs is 1. The number of hydrogen-bond donors (Lipinski definition) is 2. The molecule has 0 atom stereocenters. The van der Waals surface area contributed by atoms with Crippen molar-refractivity contribution in [3.8, 4) is 0 Å². The number of aromatic nitrogens is 3. The van der Waals surface area contributed by atoms with E-state index in [-0.39, 0.29) is 0 Å². The lowest BCUT2D eigenvalue weighted by Crippen LogP contribution is -2.17. The fourth-order valence-electron chi connectivity index (χ4n) is 1.63. The van der Waals surface area contributed by atoms with Crippen LogP contribution in [0.25, 0.3) is 5.65 Å². The van der Waals surface area contributed by atoms with Crippen molar-refractivity contribution in [1.82, 2.24) is 19.9 Å². The predicted molar refractivity (Wildman–Crippen MR) is 57.3 cm³/mol. The van der Waals surface area contributed by atoms with Crippen LogP contribution in [0.5, 0.6) is 0 Å². The van der Waals surface area contributed by atoms with Gasteiger partial charge in [-0.05, 0) is 25.0 Å². The first kappa shape index (κ1) is 8.67. The molecule has 3 N–H and O–H groups in total. The summed E-state index contributed by atoms with van der Waals surface area (Å²) in [4.78, 5) is 0. The Kier molecular flexibility index (Phi) is 1.85. The molecule has 1 fully saturated rings. The molecule has 2 aromatic rings. The fourth-order valence-corrected chi connectivity index (χ4v) is 1.63. The Bertz CT molecular complexity index is 486. The Balaban J connectivity index is 1.92. The number of rotatable bonds is 3. The van der Waals surface area contributed by atoms with Crippen molar-refractivity contribution in [2.45, 2.75) is 25.4 Å². The lowest BCUT2D eigenvalue weighted by atomic mass is 10.4. The minimum Gasteiger partial charge on any atom is -0.396 e. The van der Waals surface area contributed by atoms with Crippen LogP contribution in [0.1, 0.15) is 18.7 Å². The second-order valence-electron chi connectivity index (χ2n) is 3.93. The van der Waals surface area contributed by atoms with Crippen LogP contribution in [0.15, 0.2) is 18.3 Å². The highest BCUT2D eigenvalue weighted by Crippen LogP contribution is 2.19. The zero-order chi connectivity index (χ0) is 10.3. The molecule has 2 aromatic heterocycles. The summed E-state index contributed by atoms with van der Waals surface area (Å²) in [6.07, 6.45) is 4.49. The molecule has 3 rings (SSSR count). The first-order valence-electron chi connectivity index (χ1n) is 5.16. The normalized spacial score (nSPS) is 16.0. The van der Waals surface area contributed by atoms with E-state index in [4.69, 9.17) is 5.73 Å². The SMILES string of the molecule is Nc1cccn2c(CNC3CC3)nnc12. The second kappa shape index (κ2) is 3.20. The van der Waals surface area contributed by atoms with Crippen LogP contribution in [0.3, 0.4) is 0 Å². The zero-order valence-electron chi connectivity index (χ0n) is 8.35. The molecule has 0 bridgehead atoms. The average Bonchev–Trinajstić information content (AvgIpc) is 2.97. The smallest absolute Gasteiger partial charge is 0.184 e. The number of nitrogens with two attached hydrogens (primary N) is 1. The van der Waals surface area contributed by atoms with Gasteiger partial charge in [-0.2, -0.15) is 0 Å². The maximum Gasteiger partial charge on any atom is 0.184 e. The molecule has 0 aromatic carbocycles. The van der Waals surface area contributed by atoms with E-state index in [0.717, 1.165) is 18.0 Å². The lowest BCUT2D eigenvalue weighted by molar-refractivity contribution is 0.652. The van der Waals surface area contributed by atoms with E-state index >= 15 is 0 Å². The molecule has 0 radical (unpaired) electrons. The van der Waals surface area contributed by atoms with E-state index in [1.165, 1.54) is 12.8 Å². The number of pyridine rings is 1. The average molecular weight is 203 g/mol. The van der Waals surface area contributed by atoms with Crippen molar-refractivity contribution in [2.24, 2.45) is 0 Å². The number of hydrogen-bond acceptors (Lipinski definition) is 4. The quantitative estimate of drug-likeness (QED) is 0.765. The number of nitrogens with one attached hydrogen (secondary N) is 1.